The Labute approximate surface area is 120 Å². The lowest BCUT2D eigenvalue weighted by Crippen LogP contribution is -2.63. The zero-order valence-corrected chi connectivity index (χ0v) is 12.5. The molecule has 5 nitrogen and oxygen atoms in total. The molecular formula is C15H26N2O3. The Kier molecular flexibility index (Phi) is 4.09. The van der Waals surface area contributed by atoms with E-state index in [0.717, 1.165) is 19.3 Å². The third-order valence-electron chi connectivity index (χ3n) is 5.18. The summed E-state index contributed by atoms with van der Waals surface area (Å²) in [6.07, 6.45) is 5.12. The van der Waals surface area contributed by atoms with Crippen molar-refractivity contribution in [2.24, 2.45) is 11.7 Å². The average molecular weight is 282 g/mol. The van der Waals surface area contributed by atoms with Crippen LogP contribution >= 0.6 is 0 Å². The molecule has 0 aromatic heterocycles. The molecule has 0 aromatic carbocycles. The Morgan fingerprint density at radius 2 is 2.05 bits per heavy atom. The van der Waals surface area contributed by atoms with Gasteiger partial charge in [-0.15, -0.1) is 0 Å². The quantitative estimate of drug-likeness (QED) is 0.826. The van der Waals surface area contributed by atoms with Gasteiger partial charge in [0.1, 0.15) is 5.54 Å². The standard InChI is InChI=1S/C15H26N2O3/c1-3-15(13(19)20)8-5-9-17(15)12(18)14(16)7-4-6-11(2)10-14/h11H,3-10,16H2,1-2H3,(H,19,20). The number of hydrogen-bond donors (Lipinski definition) is 2. The predicted octanol–water partition coefficient (Wildman–Crippen LogP) is 1.75. The number of carboxylic acids is 1. The largest absolute Gasteiger partial charge is 0.479 e. The molecule has 114 valence electrons. The Morgan fingerprint density at radius 3 is 2.60 bits per heavy atom. The highest BCUT2D eigenvalue weighted by atomic mass is 16.4. The molecular weight excluding hydrogens is 256 g/mol. The summed E-state index contributed by atoms with van der Waals surface area (Å²) in [6.45, 7) is 4.47. The SMILES string of the molecule is CCC1(C(=O)O)CCCN1C(=O)C1(N)CCCC(C)C1. The zero-order chi connectivity index (χ0) is 15.0. The molecule has 5 heteroatoms. The second kappa shape index (κ2) is 5.35. The Hall–Kier alpha value is -1.10. The molecule has 1 aliphatic carbocycles. The van der Waals surface area contributed by atoms with Crippen molar-refractivity contribution in [2.45, 2.75) is 69.9 Å². The summed E-state index contributed by atoms with van der Waals surface area (Å²) in [7, 11) is 0. The van der Waals surface area contributed by atoms with Crippen LogP contribution in [0.2, 0.25) is 0 Å². The minimum atomic E-state index is -1.04. The van der Waals surface area contributed by atoms with Crippen molar-refractivity contribution < 1.29 is 14.7 Å². The van der Waals surface area contributed by atoms with Gasteiger partial charge in [0.05, 0.1) is 5.54 Å². The summed E-state index contributed by atoms with van der Waals surface area (Å²) in [4.78, 5) is 26.1. The first-order chi connectivity index (χ1) is 9.35. The summed E-state index contributed by atoms with van der Waals surface area (Å²) < 4.78 is 0. The van der Waals surface area contributed by atoms with Gasteiger partial charge in [0.25, 0.3) is 0 Å². The molecule has 2 fully saturated rings. The third kappa shape index (κ3) is 2.32. The third-order valence-corrected chi connectivity index (χ3v) is 5.18. The van der Waals surface area contributed by atoms with E-state index in [1.807, 2.05) is 6.92 Å². The number of carbonyl (C=O) groups is 2. The average Bonchev–Trinajstić information content (AvgIpc) is 2.82. The maximum Gasteiger partial charge on any atom is 0.329 e. The number of carboxylic acid groups (broad SMARTS) is 1. The normalized spacial score (nSPS) is 38.0. The molecule has 20 heavy (non-hydrogen) atoms. The highest BCUT2D eigenvalue weighted by Gasteiger charge is 2.53. The fourth-order valence-electron chi connectivity index (χ4n) is 3.97. The van der Waals surface area contributed by atoms with Gasteiger partial charge in [-0.1, -0.05) is 26.7 Å². The molecule has 1 saturated carbocycles. The molecule has 2 aliphatic rings. The lowest BCUT2D eigenvalue weighted by atomic mass is 9.75. The first kappa shape index (κ1) is 15.3. The summed E-state index contributed by atoms with van der Waals surface area (Å²) in [6, 6.07) is 0. The summed E-state index contributed by atoms with van der Waals surface area (Å²) in [5, 5.41) is 9.58. The number of nitrogens with zero attached hydrogens (tertiary/aromatic N) is 1. The van der Waals surface area contributed by atoms with Gasteiger partial charge in [0.15, 0.2) is 0 Å². The van der Waals surface area contributed by atoms with E-state index in [1.165, 1.54) is 0 Å². The van der Waals surface area contributed by atoms with E-state index in [2.05, 4.69) is 6.92 Å². The van der Waals surface area contributed by atoms with E-state index in [1.54, 1.807) is 4.90 Å². The van der Waals surface area contributed by atoms with Crippen molar-refractivity contribution in [1.29, 1.82) is 0 Å². The number of nitrogens with two attached hydrogens (primary N) is 1. The second-order valence-corrected chi connectivity index (χ2v) is 6.61. The zero-order valence-electron chi connectivity index (χ0n) is 12.5. The number of carbonyl (C=O) groups excluding carboxylic acids is 1. The van der Waals surface area contributed by atoms with Crippen molar-refractivity contribution in [3.63, 3.8) is 0 Å². The highest BCUT2D eigenvalue weighted by Crippen LogP contribution is 2.38. The van der Waals surface area contributed by atoms with Crippen molar-refractivity contribution in [2.75, 3.05) is 6.54 Å². The number of rotatable bonds is 3. The number of likely N-dealkylation sites (tertiary alicyclic amines) is 1. The minimum Gasteiger partial charge on any atom is -0.479 e. The molecule has 3 unspecified atom stereocenters. The van der Waals surface area contributed by atoms with Crippen LogP contribution in [0, 0.1) is 5.92 Å². The van der Waals surface area contributed by atoms with Crippen LogP contribution in [0.25, 0.3) is 0 Å². The number of hydrogen-bond acceptors (Lipinski definition) is 3. The molecule has 1 saturated heterocycles. The van der Waals surface area contributed by atoms with Crippen LogP contribution in [0.4, 0.5) is 0 Å². The molecule has 3 atom stereocenters. The van der Waals surface area contributed by atoms with Crippen LogP contribution in [0.5, 0.6) is 0 Å². The number of aliphatic carboxylic acids is 1. The summed E-state index contributed by atoms with van der Waals surface area (Å²) in [5.74, 6) is -0.606. The van der Waals surface area contributed by atoms with Crippen LogP contribution in [0.1, 0.15) is 58.8 Å². The Morgan fingerprint density at radius 1 is 1.35 bits per heavy atom. The fourth-order valence-corrected chi connectivity index (χ4v) is 3.97. The van der Waals surface area contributed by atoms with E-state index in [0.29, 0.717) is 38.1 Å². The van der Waals surface area contributed by atoms with Crippen molar-refractivity contribution in [3.05, 3.63) is 0 Å². The summed E-state index contributed by atoms with van der Waals surface area (Å²) in [5.41, 5.74) is 4.46. The molecule has 1 amide bonds. The maximum atomic E-state index is 12.9. The molecule has 0 spiro atoms. The molecule has 1 aliphatic heterocycles. The lowest BCUT2D eigenvalue weighted by Gasteiger charge is -2.42. The van der Waals surface area contributed by atoms with Crippen molar-refractivity contribution >= 4 is 11.9 Å². The summed E-state index contributed by atoms with van der Waals surface area (Å²) >= 11 is 0. The van der Waals surface area contributed by atoms with Gasteiger partial charge in [-0.2, -0.15) is 0 Å². The molecule has 2 rings (SSSR count). The molecule has 3 N–H and O–H groups in total. The highest BCUT2D eigenvalue weighted by molar-refractivity contribution is 5.92. The smallest absolute Gasteiger partial charge is 0.329 e. The molecule has 1 heterocycles. The Balaban J connectivity index is 2.25. The first-order valence-electron chi connectivity index (χ1n) is 7.70. The van der Waals surface area contributed by atoms with Gasteiger partial charge >= 0.3 is 5.97 Å². The van der Waals surface area contributed by atoms with Crippen LogP contribution in [-0.2, 0) is 9.59 Å². The van der Waals surface area contributed by atoms with Crippen molar-refractivity contribution in [1.82, 2.24) is 4.90 Å². The minimum absolute atomic E-state index is 0.147. The van der Waals surface area contributed by atoms with Crippen LogP contribution in [0.3, 0.4) is 0 Å². The van der Waals surface area contributed by atoms with Gasteiger partial charge in [-0.05, 0) is 38.0 Å². The fraction of sp³-hybridized carbons (Fsp3) is 0.867. The number of amides is 1. The van der Waals surface area contributed by atoms with Gasteiger partial charge < -0.3 is 15.7 Å². The van der Waals surface area contributed by atoms with Crippen LogP contribution in [0.15, 0.2) is 0 Å². The lowest BCUT2D eigenvalue weighted by molar-refractivity contribution is -0.159. The van der Waals surface area contributed by atoms with Crippen LogP contribution in [-0.4, -0.2) is 39.5 Å². The van der Waals surface area contributed by atoms with E-state index in [-0.39, 0.29) is 5.91 Å². The second-order valence-electron chi connectivity index (χ2n) is 6.61. The van der Waals surface area contributed by atoms with Gasteiger partial charge in [-0.3, -0.25) is 4.79 Å². The Bertz CT molecular complexity index is 412. The van der Waals surface area contributed by atoms with Gasteiger partial charge in [0.2, 0.25) is 5.91 Å². The van der Waals surface area contributed by atoms with E-state index in [9.17, 15) is 14.7 Å². The predicted molar refractivity (Wildman–Crippen MR) is 76.2 cm³/mol. The van der Waals surface area contributed by atoms with Crippen LogP contribution < -0.4 is 5.73 Å². The maximum absolute atomic E-state index is 12.9. The molecule has 0 radical (unpaired) electrons. The first-order valence-corrected chi connectivity index (χ1v) is 7.70. The molecule has 0 bridgehead atoms. The van der Waals surface area contributed by atoms with Crippen molar-refractivity contribution in [3.8, 4) is 0 Å². The van der Waals surface area contributed by atoms with E-state index >= 15 is 0 Å². The molecule has 0 aromatic rings. The van der Waals surface area contributed by atoms with E-state index in [4.69, 9.17) is 5.73 Å². The van der Waals surface area contributed by atoms with E-state index < -0.39 is 17.0 Å². The van der Waals surface area contributed by atoms with Gasteiger partial charge in [-0.25, -0.2) is 4.79 Å². The monoisotopic (exact) mass is 282 g/mol. The van der Waals surface area contributed by atoms with Gasteiger partial charge in [0, 0.05) is 6.54 Å². The topological polar surface area (TPSA) is 83.6 Å².